The highest BCUT2D eigenvalue weighted by Crippen LogP contribution is 2.36. The Kier molecular flexibility index (Phi) is 2.75. The minimum atomic E-state index is -0.0420. The highest BCUT2D eigenvalue weighted by molar-refractivity contribution is 5.34. The first-order valence-corrected chi connectivity index (χ1v) is 5.50. The maximum atomic E-state index is 11.6. The van der Waals surface area contributed by atoms with Crippen LogP contribution in [0.3, 0.4) is 0 Å². The molecule has 0 radical (unpaired) electrons. The average molecular weight is 207 g/mol. The van der Waals surface area contributed by atoms with Crippen LogP contribution in [-0.2, 0) is 7.05 Å². The molecule has 82 valence electrons. The first-order valence-electron chi connectivity index (χ1n) is 5.50. The summed E-state index contributed by atoms with van der Waals surface area (Å²) < 4.78 is 1.55. The lowest BCUT2D eigenvalue weighted by Crippen LogP contribution is -2.23. The van der Waals surface area contributed by atoms with Crippen molar-refractivity contribution in [2.75, 3.05) is 5.32 Å². The summed E-state index contributed by atoms with van der Waals surface area (Å²) in [5.74, 6) is 1.23. The van der Waals surface area contributed by atoms with Crippen LogP contribution in [0.15, 0.2) is 17.2 Å². The van der Waals surface area contributed by atoms with Gasteiger partial charge in [0.2, 0.25) is 0 Å². The van der Waals surface area contributed by atoms with Gasteiger partial charge in [0.1, 0.15) is 0 Å². The van der Waals surface area contributed by atoms with Crippen LogP contribution >= 0.6 is 0 Å². The summed E-state index contributed by atoms with van der Waals surface area (Å²) in [5, 5.41) is 3.22. The maximum Gasteiger partial charge on any atom is 0.293 e. The van der Waals surface area contributed by atoms with Crippen molar-refractivity contribution in [3.8, 4) is 0 Å². The summed E-state index contributed by atoms with van der Waals surface area (Å²) in [6, 6.07) is 0.465. The van der Waals surface area contributed by atoms with Gasteiger partial charge in [0.25, 0.3) is 5.56 Å². The molecule has 1 aliphatic rings. The molecule has 1 heterocycles. The minimum absolute atomic E-state index is 0.0420. The highest BCUT2D eigenvalue weighted by Gasteiger charge is 2.36. The summed E-state index contributed by atoms with van der Waals surface area (Å²) in [6.45, 7) is 2.19. The quantitative estimate of drug-likeness (QED) is 0.811. The van der Waals surface area contributed by atoms with Crippen LogP contribution < -0.4 is 10.9 Å². The fourth-order valence-corrected chi connectivity index (χ4v) is 1.89. The summed E-state index contributed by atoms with van der Waals surface area (Å²) in [4.78, 5) is 15.7. The molecule has 2 rings (SSSR count). The van der Waals surface area contributed by atoms with Gasteiger partial charge in [-0.15, -0.1) is 0 Å². The summed E-state index contributed by atoms with van der Waals surface area (Å²) >= 11 is 0. The Balaban J connectivity index is 2.01. The number of hydrogen-bond acceptors (Lipinski definition) is 3. The number of anilines is 1. The Morgan fingerprint density at radius 2 is 2.47 bits per heavy atom. The zero-order valence-corrected chi connectivity index (χ0v) is 9.23. The van der Waals surface area contributed by atoms with Gasteiger partial charge in [-0.2, -0.15) is 0 Å². The molecule has 2 atom stereocenters. The molecule has 0 aromatic carbocycles. The second-order valence-electron chi connectivity index (χ2n) is 4.23. The molecular formula is C11H17N3O. The van der Waals surface area contributed by atoms with Gasteiger partial charge in [-0.05, 0) is 18.8 Å². The largest absolute Gasteiger partial charge is 0.362 e. The predicted octanol–water partition coefficient (Wildman–Crippen LogP) is 1.38. The van der Waals surface area contributed by atoms with E-state index in [4.69, 9.17) is 0 Å². The third-order valence-electron chi connectivity index (χ3n) is 2.92. The van der Waals surface area contributed by atoms with Crippen molar-refractivity contribution in [2.24, 2.45) is 13.0 Å². The summed E-state index contributed by atoms with van der Waals surface area (Å²) in [6.07, 6.45) is 6.95. The normalized spacial score (nSPS) is 23.9. The van der Waals surface area contributed by atoms with E-state index in [0.29, 0.717) is 11.9 Å². The van der Waals surface area contributed by atoms with E-state index in [1.165, 1.54) is 19.3 Å². The molecule has 0 saturated heterocycles. The summed E-state index contributed by atoms with van der Waals surface area (Å²) in [7, 11) is 1.74. The van der Waals surface area contributed by atoms with Crippen molar-refractivity contribution in [1.82, 2.24) is 9.55 Å². The fraction of sp³-hybridized carbons (Fsp3) is 0.636. The van der Waals surface area contributed by atoms with Crippen LogP contribution in [0.5, 0.6) is 0 Å². The molecular weight excluding hydrogens is 190 g/mol. The molecule has 15 heavy (non-hydrogen) atoms. The van der Waals surface area contributed by atoms with Crippen LogP contribution in [0, 0.1) is 5.92 Å². The Morgan fingerprint density at radius 3 is 3.20 bits per heavy atom. The average Bonchev–Trinajstić information content (AvgIpc) is 2.93. The topological polar surface area (TPSA) is 46.9 Å². The zero-order chi connectivity index (χ0) is 10.8. The number of aromatic nitrogens is 2. The van der Waals surface area contributed by atoms with Crippen LogP contribution in [0.2, 0.25) is 0 Å². The van der Waals surface area contributed by atoms with Crippen molar-refractivity contribution in [3.63, 3.8) is 0 Å². The second kappa shape index (κ2) is 4.04. The molecule has 4 heteroatoms. The van der Waals surface area contributed by atoms with Crippen LogP contribution in [0.25, 0.3) is 0 Å². The molecule has 4 nitrogen and oxygen atoms in total. The number of aryl methyl sites for hydroxylation is 1. The van der Waals surface area contributed by atoms with Crippen LogP contribution in [-0.4, -0.2) is 15.6 Å². The van der Waals surface area contributed by atoms with Crippen molar-refractivity contribution in [1.29, 1.82) is 0 Å². The third-order valence-corrected chi connectivity index (χ3v) is 2.92. The smallest absolute Gasteiger partial charge is 0.293 e. The van der Waals surface area contributed by atoms with E-state index in [2.05, 4.69) is 17.2 Å². The van der Waals surface area contributed by atoms with Crippen molar-refractivity contribution >= 4 is 5.82 Å². The molecule has 0 bridgehead atoms. The molecule has 1 fully saturated rings. The van der Waals surface area contributed by atoms with Crippen molar-refractivity contribution in [3.05, 3.63) is 22.7 Å². The number of nitrogens with zero attached hydrogens (tertiary/aromatic N) is 2. The first kappa shape index (κ1) is 10.2. The predicted molar refractivity (Wildman–Crippen MR) is 59.9 cm³/mol. The van der Waals surface area contributed by atoms with E-state index in [-0.39, 0.29) is 5.56 Å². The summed E-state index contributed by atoms with van der Waals surface area (Å²) in [5.41, 5.74) is -0.0420. The number of rotatable bonds is 4. The Hall–Kier alpha value is -1.32. The third kappa shape index (κ3) is 2.19. The van der Waals surface area contributed by atoms with Crippen molar-refractivity contribution in [2.45, 2.75) is 32.2 Å². The number of nitrogens with one attached hydrogen (secondary N) is 1. The van der Waals surface area contributed by atoms with Crippen LogP contribution in [0.1, 0.15) is 26.2 Å². The first-order chi connectivity index (χ1) is 7.22. The lowest BCUT2D eigenvalue weighted by molar-refractivity contribution is 0.691. The molecule has 1 aliphatic carbocycles. The van der Waals surface area contributed by atoms with E-state index < -0.39 is 0 Å². The molecule has 2 unspecified atom stereocenters. The van der Waals surface area contributed by atoms with Gasteiger partial charge in [0.05, 0.1) is 0 Å². The fourth-order valence-electron chi connectivity index (χ4n) is 1.89. The standard InChI is InChI=1S/C11H17N3O/c1-3-4-8-7-9(8)13-10-11(15)14(2)6-5-12-10/h5-6,8-9H,3-4,7H2,1-2H3,(H,12,13). The van der Waals surface area contributed by atoms with Gasteiger partial charge in [-0.3, -0.25) is 4.79 Å². The van der Waals surface area contributed by atoms with Gasteiger partial charge in [0, 0.05) is 25.5 Å². The zero-order valence-electron chi connectivity index (χ0n) is 9.23. The van der Waals surface area contributed by atoms with E-state index in [1.54, 1.807) is 24.0 Å². The SMILES string of the molecule is CCCC1CC1Nc1nccn(C)c1=O. The minimum Gasteiger partial charge on any atom is -0.362 e. The number of hydrogen-bond donors (Lipinski definition) is 1. The molecule has 0 spiro atoms. The monoisotopic (exact) mass is 207 g/mol. The van der Waals surface area contributed by atoms with Gasteiger partial charge in [-0.1, -0.05) is 13.3 Å². The molecule has 0 aliphatic heterocycles. The van der Waals surface area contributed by atoms with Gasteiger partial charge < -0.3 is 9.88 Å². The highest BCUT2D eigenvalue weighted by atomic mass is 16.1. The lowest BCUT2D eigenvalue weighted by atomic mass is 10.2. The van der Waals surface area contributed by atoms with E-state index in [1.807, 2.05) is 0 Å². The van der Waals surface area contributed by atoms with E-state index >= 15 is 0 Å². The van der Waals surface area contributed by atoms with Gasteiger partial charge in [-0.25, -0.2) is 4.98 Å². The molecule has 1 N–H and O–H groups in total. The molecule has 1 aromatic rings. The van der Waals surface area contributed by atoms with Gasteiger partial charge >= 0.3 is 0 Å². The van der Waals surface area contributed by atoms with Crippen molar-refractivity contribution < 1.29 is 0 Å². The molecule has 1 aromatic heterocycles. The Bertz CT molecular complexity index is 399. The van der Waals surface area contributed by atoms with Crippen LogP contribution in [0.4, 0.5) is 5.82 Å². The second-order valence-corrected chi connectivity index (χ2v) is 4.23. The Labute approximate surface area is 89.3 Å². The van der Waals surface area contributed by atoms with E-state index in [9.17, 15) is 4.79 Å². The Morgan fingerprint density at radius 1 is 1.67 bits per heavy atom. The molecule has 1 saturated carbocycles. The van der Waals surface area contributed by atoms with Gasteiger partial charge in [0.15, 0.2) is 5.82 Å². The van der Waals surface area contributed by atoms with E-state index in [0.717, 1.165) is 5.92 Å². The lowest BCUT2D eigenvalue weighted by Gasteiger charge is -2.04. The maximum absolute atomic E-state index is 11.6. The molecule has 0 amide bonds.